The number of carbonyl (C=O) groups is 2. The molecule has 0 spiro atoms. The molecule has 0 aromatic heterocycles. The van der Waals surface area contributed by atoms with Crippen molar-refractivity contribution in [3.8, 4) is 0 Å². The molecule has 0 aliphatic heterocycles. The number of rotatable bonds is 11. The monoisotopic (exact) mass is 667 g/mol. The molecule has 7 nitrogen and oxygen atoms in total. The van der Waals surface area contributed by atoms with Crippen molar-refractivity contribution < 1.29 is 18.0 Å². The third-order valence-corrected chi connectivity index (χ3v) is 8.75. The van der Waals surface area contributed by atoms with Crippen LogP contribution >= 0.6 is 34.2 Å². The lowest BCUT2D eigenvalue weighted by atomic mass is 10.1. The maximum absolute atomic E-state index is 13.9. The molecule has 3 aromatic rings. The van der Waals surface area contributed by atoms with Crippen molar-refractivity contribution in [1.29, 1.82) is 0 Å². The van der Waals surface area contributed by atoms with Gasteiger partial charge in [-0.1, -0.05) is 61.8 Å². The van der Waals surface area contributed by atoms with E-state index in [1.54, 1.807) is 73.7 Å². The number of halogens is 2. The van der Waals surface area contributed by atoms with Crippen LogP contribution in [0.2, 0.25) is 5.02 Å². The smallest absolute Gasteiger partial charge is 0.264 e. The highest BCUT2D eigenvalue weighted by molar-refractivity contribution is 14.1. The first-order chi connectivity index (χ1) is 18.0. The van der Waals surface area contributed by atoms with Crippen LogP contribution in [0, 0.1) is 9.49 Å². The lowest BCUT2D eigenvalue weighted by molar-refractivity contribution is -0.139. The van der Waals surface area contributed by atoms with Gasteiger partial charge in [-0.2, -0.15) is 0 Å². The SMILES string of the molecule is CC(C)CNC(=O)[C@@H](C)N(Cc1ccccc1Cl)C(=O)CN(c1ccc(I)cc1)S(=O)(=O)c1ccccc1. The second kappa shape index (κ2) is 13.4. The largest absolute Gasteiger partial charge is 0.354 e. The fourth-order valence-electron chi connectivity index (χ4n) is 3.70. The summed E-state index contributed by atoms with van der Waals surface area (Å²) in [6, 6.07) is 21.0. The zero-order valence-corrected chi connectivity index (χ0v) is 25.2. The number of hydrogen-bond donors (Lipinski definition) is 1. The second-order valence-electron chi connectivity index (χ2n) is 9.23. The average molecular weight is 668 g/mol. The summed E-state index contributed by atoms with van der Waals surface area (Å²) in [6.07, 6.45) is 0. The minimum Gasteiger partial charge on any atom is -0.354 e. The van der Waals surface area contributed by atoms with E-state index in [0.29, 0.717) is 22.8 Å². The number of hydrogen-bond acceptors (Lipinski definition) is 4. The maximum atomic E-state index is 13.9. The van der Waals surface area contributed by atoms with Crippen LogP contribution < -0.4 is 9.62 Å². The highest BCUT2D eigenvalue weighted by atomic mass is 127. The number of anilines is 1. The van der Waals surface area contributed by atoms with Crippen molar-refractivity contribution in [2.24, 2.45) is 5.92 Å². The molecule has 2 amide bonds. The van der Waals surface area contributed by atoms with Crippen molar-refractivity contribution in [3.05, 3.63) is 93.0 Å². The van der Waals surface area contributed by atoms with Crippen LogP contribution in [0.25, 0.3) is 0 Å². The van der Waals surface area contributed by atoms with Crippen LogP contribution in [-0.4, -0.2) is 44.3 Å². The topological polar surface area (TPSA) is 86.8 Å². The maximum Gasteiger partial charge on any atom is 0.264 e. The first kappa shape index (κ1) is 29.9. The first-order valence-electron chi connectivity index (χ1n) is 12.1. The lowest BCUT2D eigenvalue weighted by Gasteiger charge is -2.32. The Hall–Kier alpha value is -2.63. The molecule has 0 radical (unpaired) electrons. The molecular weight excluding hydrogens is 637 g/mol. The first-order valence-corrected chi connectivity index (χ1v) is 15.0. The summed E-state index contributed by atoms with van der Waals surface area (Å²) in [6.45, 7) is 5.58. The van der Waals surface area contributed by atoms with Gasteiger partial charge in [-0.05, 0) is 83.5 Å². The highest BCUT2D eigenvalue weighted by Gasteiger charge is 2.32. The molecule has 202 valence electrons. The Morgan fingerprint density at radius 1 is 0.921 bits per heavy atom. The summed E-state index contributed by atoms with van der Waals surface area (Å²) in [4.78, 5) is 28.3. The Kier molecular flexibility index (Phi) is 10.6. The van der Waals surface area contributed by atoms with E-state index in [9.17, 15) is 18.0 Å². The predicted molar refractivity (Wildman–Crippen MR) is 159 cm³/mol. The molecular formula is C28H31ClIN3O4S. The molecule has 0 fully saturated rings. The number of nitrogens with one attached hydrogen (secondary N) is 1. The fourth-order valence-corrected chi connectivity index (χ4v) is 5.69. The van der Waals surface area contributed by atoms with E-state index in [4.69, 9.17) is 11.6 Å². The van der Waals surface area contributed by atoms with Gasteiger partial charge in [0.1, 0.15) is 12.6 Å². The summed E-state index contributed by atoms with van der Waals surface area (Å²) in [7, 11) is -4.09. The van der Waals surface area contributed by atoms with E-state index in [0.717, 1.165) is 7.88 Å². The van der Waals surface area contributed by atoms with Gasteiger partial charge < -0.3 is 10.2 Å². The molecule has 3 aromatic carbocycles. The zero-order chi connectivity index (χ0) is 27.9. The standard InChI is InChI=1S/C28H31ClIN3O4S/c1-20(2)17-31-28(35)21(3)32(18-22-9-7-8-12-26(22)29)27(34)19-33(24-15-13-23(30)14-16-24)38(36,37)25-10-5-4-6-11-25/h4-16,20-21H,17-19H2,1-3H3,(H,31,35)/t21-/m1/s1. The molecule has 0 saturated heterocycles. The Labute approximate surface area is 243 Å². The molecule has 10 heteroatoms. The molecule has 1 atom stereocenters. The number of carbonyl (C=O) groups excluding carboxylic acids is 2. The van der Waals surface area contributed by atoms with Crippen molar-refractivity contribution in [3.63, 3.8) is 0 Å². The number of amides is 2. The minimum atomic E-state index is -4.09. The summed E-state index contributed by atoms with van der Waals surface area (Å²) in [5.41, 5.74) is 0.995. The Balaban J connectivity index is 2.00. The van der Waals surface area contributed by atoms with Gasteiger partial charge in [0.15, 0.2) is 0 Å². The van der Waals surface area contributed by atoms with Crippen LogP contribution in [0.15, 0.2) is 83.8 Å². The van der Waals surface area contributed by atoms with Crippen LogP contribution in [0.5, 0.6) is 0 Å². The molecule has 0 aliphatic carbocycles. The van der Waals surface area contributed by atoms with Crippen molar-refractivity contribution in [2.45, 2.75) is 38.3 Å². The summed E-state index contributed by atoms with van der Waals surface area (Å²) < 4.78 is 29.4. The molecule has 0 heterocycles. The van der Waals surface area contributed by atoms with Gasteiger partial charge in [-0.3, -0.25) is 13.9 Å². The Morgan fingerprint density at radius 2 is 1.53 bits per heavy atom. The normalized spacial score (nSPS) is 12.2. The number of sulfonamides is 1. The van der Waals surface area contributed by atoms with Crippen molar-refractivity contribution in [2.75, 3.05) is 17.4 Å². The fraction of sp³-hybridized carbons (Fsp3) is 0.286. The quantitative estimate of drug-likeness (QED) is 0.280. The van der Waals surface area contributed by atoms with Gasteiger partial charge in [0, 0.05) is 21.7 Å². The zero-order valence-electron chi connectivity index (χ0n) is 21.5. The number of nitrogens with zero attached hydrogens (tertiary/aromatic N) is 2. The van der Waals surface area contributed by atoms with Crippen LogP contribution in [0.1, 0.15) is 26.3 Å². The molecule has 38 heavy (non-hydrogen) atoms. The lowest BCUT2D eigenvalue weighted by Crippen LogP contribution is -2.51. The minimum absolute atomic E-state index is 0.0423. The average Bonchev–Trinajstić information content (AvgIpc) is 2.90. The molecule has 0 unspecified atom stereocenters. The van der Waals surface area contributed by atoms with Gasteiger partial charge >= 0.3 is 0 Å². The van der Waals surface area contributed by atoms with Gasteiger partial charge in [0.25, 0.3) is 10.0 Å². The second-order valence-corrected chi connectivity index (χ2v) is 12.7. The van der Waals surface area contributed by atoms with E-state index in [1.165, 1.54) is 17.0 Å². The van der Waals surface area contributed by atoms with Gasteiger partial charge in [0.2, 0.25) is 11.8 Å². The molecule has 0 saturated carbocycles. The van der Waals surface area contributed by atoms with E-state index in [2.05, 4.69) is 27.9 Å². The predicted octanol–water partition coefficient (Wildman–Crippen LogP) is 5.33. The van der Waals surface area contributed by atoms with Gasteiger partial charge in [-0.15, -0.1) is 0 Å². The van der Waals surface area contributed by atoms with Crippen molar-refractivity contribution in [1.82, 2.24) is 10.2 Å². The van der Waals surface area contributed by atoms with E-state index in [-0.39, 0.29) is 23.3 Å². The van der Waals surface area contributed by atoms with Crippen molar-refractivity contribution >= 4 is 61.7 Å². The number of benzene rings is 3. The molecule has 3 rings (SSSR count). The summed E-state index contributed by atoms with van der Waals surface area (Å²) in [5, 5.41) is 3.32. The van der Waals surface area contributed by atoms with Gasteiger partial charge in [-0.25, -0.2) is 8.42 Å². The Bertz CT molecular complexity index is 1350. The van der Waals surface area contributed by atoms with Crippen LogP contribution in [-0.2, 0) is 26.2 Å². The molecule has 0 aliphatic rings. The van der Waals surface area contributed by atoms with Crippen LogP contribution in [0.3, 0.4) is 0 Å². The third kappa shape index (κ3) is 7.70. The summed E-state index contributed by atoms with van der Waals surface area (Å²) >= 11 is 8.52. The third-order valence-electron chi connectivity index (χ3n) is 5.88. The molecule has 1 N–H and O–H groups in total. The van der Waals surface area contributed by atoms with E-state index < -0.39 is 28.5 Å². The van der Waals surface area contributed by atoms with Crippen LogP contribution in [0.4, 0.5) is 5.69 Å². The van der Waals surface area contributed by atoms with E-state index >= 15 is 0 Å². The van der Waals surface area contributed by atoms with Gasteiger partial charge in [0.05, 0.1) is 10.6 Å². The van der Waals surface area contributed by atoms with E-state index in [1.807, 2.05) is 13.8 Å². The highest BCUT2D eigenvalue weighted by Crippen LogP contribution is 2.26. The Morgan fingerprint density at radius 3 is 2.13 bits per heavy atom. The summed E-state index contributed by atoms with van der Waals surface area (Å²) in [5.74, 6) is -0.632. The molecule has 0 bridgehead atoms.